The SMILES string of the molecule is CCC/C=C/C=C\OC(=O)c1ccc(OC)cc1. The summed E-state index contributed by atoms with van der Waals surface area (Å²) in [6.45, 7) is 2.11. The van der Waals surface area contributed by atoms with Gasteiger partial charge in [0, 0.05) is 0 Å². The third kappa shape index (κ3) is 4.87. The molecule has 0 saturated heterocycles. The second-order valence-corrected chi connectivity index (χ2v) is 3.68. The zero-order chi connectivity index (χ0) is 13.2. The number of carbonyl (C=O) groups is 1. The van der Waals surface area contributed by atoms with E-state index in [9.17, 15) is 4.79 Å². The van der Waals surface area contributed by atoms with E-state index >= 15 is 0 Å². The molecule has 0 N–H and O–H groups in total. The van der Waals surface area contributed by atoms with Gasteiger partial charge < -0.3 is 9.47 Å². The van der Waals surface area contributed by atoms with Crippen molar-refractivity contribution in [2.24, 2.45) is 0 Å². The van der Waals surface area contributed by atoms with Crippen LogP contribution < -0.4 is 4.74 Å². The molecule has 0 aromatic heterocycles. The molecule has 0 saturated carbocycles. The van der Waals surface area contributed by atoms with Crippen LogP contribution in [0.4, 0.5) is 0 Å². The molecule has 3 heteroatoms. The maximum absolute atomic E-state index is 11.6. The molecule has 0 unspecified atom stereocenters. The van der Waals surface area contributed by atoms with Crippen LogP contribution in [-0.2, 0) is 4.74 Å². The average Bonchev–Trinajstić information content (AvgIpc) is 2.42. The third-order valence-electron chi connectivity index (χ3n) is 2.28. The number of methoxy groups -OCH3 is 1. The topological polar surface area (TPSA) is 35.5 Å². The standard InChI is InChI=1S/C15H18O3/c1-3-4-5-6-7-12-18-15(16)13-8-10-14(17-2)11-9-13/h5-12H,3-4H2,1-2H3/b6-5+,12-7-. The van der Waals surface area contributed by atoms with E-state index in [2.05, 4.69) is 6.92 Å². The lowest BCUT2D eigenvalue weighted by atomic mass is 10.2. The molecule has 18 heavy (non-hydrogen) atoms. The summed E-state index contributed by atoms with van der Waals surface area (Å²) in [5, 5.41) is 0. The van der Waals surface area contributed by atoms with Crippen molar-refractivity contribution in [3.8, 4) is 5.75 Å². The average molecular weight is 246 g/mol. The van der Waals surface area contributed by atoms with E-state index in [4.69, 9.17) is 9.47 Å². The Balaban J connectivity index is 2.44. The second-order valence-electron chi connectivity index (χ2n) is 3.68. The predicted molar refractivity (Wildman–Crippen MR) is 71.6 cm³/mol. The van der Waals surface area contributed by atoms with Crippen LogP contribution in [0.15, 0.2) is 48.8 Å². The van der Waals surface area contributed by atoms with Crippen molar-refractivity contribution in [1.29, 1.82) is 0 Å². The highest BCUT2D eigenvalue weighted by Crippen LogP contribution is 2.12. The summed E-state index contributed by atoms with van der Waals surface area (Å²) in [6.07, 6.45) is 9.12. The normalized spacial score (nSPS) is 11.0. The Labute approximate surface area is 108 Å². The van der Waals surface area contributed by atoms with Crippen molar-refractivity contribution in [3.05, 3.63) is 54.3 Å². The summed E-state index contributed by atoms with van der Waals surface area (Å²) in [7, 11) is 1.58. The smallest absolute Gasteiger partial charge is 0.342 e. The van der Waals surface area contributed by atoms with Crippen LogP contribution in [0.2, 0.25) is 0 Å². The van der Waals surface area contributed by atoms with Crippen LogP contribution in [0.1, 0.15) is 30.1 Å². The van der Waals surface area contributed by atoms with Crippen molar-refractivity contribution in [2.45, 2.75) is 19.8 Å². The maximum Gasteiger partial charge on any atom is 0.342 e. The molecule has 0 bridgehead atoms. The summed E-state index contributed by atoms with van der Waals surface area (Å²) in [5.41, 5.74) is 0.498. The molecule has 0 radical (unpaired) electrons. The first-order valence-corrected chi connectivity index (χ1v) is 5.94. The predicted octanol–water partition coefficient (Wildman–Crippen LogP) is 3.72. The monoisotopic (exact) mass is 246 g/mol. The maximum atomic E-state index is 11.6. The number of hydrogen-bond acceptors (Lipinski definition) is 3. The molecule has 1 rings (SSSR count). The molecule has 0 spiro atoms. The van der Waals surface area contributed by atoms with E-state index in [1.165, 1.54) is 6.26 Å². The molecule has 0 aliphatic rings. The van der Waals surface area contributed by atoms with Crippen LogP contribution in [0, 0.1) is 0 Å². The highest BCUT2D eigenvalue weighted by Gasteiger charge is 2.04. The van der Waals surface area contributed by atoms with E-state index in [1.54, 1.807) is 37.5 Å². The van der Waals surface area contributed by atoms with Gasteiger partial charge in [0.1, 0.15) is 5.75 Å². The van der Waals surface area contributed by atoms with Gasteiger partial charge in [0.2, 0.25) is 0 Å². The lowest BCUT2D eigenvalue weighted by Gasteiger charge is -2.01. The van der Waals surface area contributed by atoms with Crippen molar-refractivity contribution < 1.29 is 14.3 Å². The highest BCUT2D eigenvalue weighted by molar-refractivity contribution is 5.89. The van der Waals surface area contributed by atoms with E-state index < -0.39 is 0 Å². The Bertz CT molecular complexity index is 416. The number of esters is 1. The fourth-order valence-electron chi connectivity index (χ4n) is 1.28. The number of benzene rings is 1. The van der Waals surface area contributed by atoms with Gasteiger partial charge in [0.25, 0.3) is 0 Å². The van der Waals surface area contributed by atoms with Crippen molar-refractivity contribution in [1.82, 2.24) is 0 Å². The van der Waals surface area contributed by atoms with Crippen LogP contribution in [0.5, 0.6) is 5.75 Å². The summed E-state index contributed by atoms with van der Waals surface area (Å²) >= 11 is 0. The molecule has 0 atom stereocenters. The summed E-state index contributed by atoms with van der Waals surface area (Å²) in [4.78, 5) is 11.6. The summed E-state index contributed by atoms with van der Waals surface area (Å²) in [6, 6.07) is 6.78. The Hall–Kier alpha value is -2.03. The molecular weight excluding hydrogens is 228 g/mol. The largest absolute Gasteiger partial charge is 0.497 e. The number of unbranched alkanes of at least 4 members (excludes halogenated alkanes) is 1. The number of allylic oxidation sites excluding steroid dienone is 3. The first kappa shape index (κ1) is 14.0. The van der Waals surface area contributed by atoms with Gasteiger partial charge >= 0.3 is 5.97 Å². The minimum Gasteiger partial charge on any atom is -0.497 e. The molecule has 1 aromatic carbocycles. The first-order valence-electron chi connectivity index (χ1n) is 5.94. The van der Waals surface area contributed by atoms with E-state index in [0.717, 1.165) is 12.8 Å². The van der Waals surface area contributed by atoms with Crippen molar-refractivity contribution in [2.75, 3.05) is 7.11 Å². The number of ether oxygens (including phenoxy) is 2. The zero-order valence-electron chi connectivity index (χ0n) is 10.8. The van der Waals surface area contributed by atoms with Gasteiger partial charge in [-0.05, 0) is 36.8 Å². The fraction of sp³-hybridized carbons (Fsp3) is 0.267. The van der Waals surface area contributed by atoms with E-state index in [0.29, 0.717) is 11.3 Å². The lowest BCUT2D eigenvalue weighted by Crippen LogP contribution is -1.99. The van der Waals surface area contributed by atoms with Crippen LogP contribution in [-0.4, -0.2) is 13.1 Å². The van der Waals surface area contributed by atoms with Crippen molar-refractivity contribution >= 4 is 5.97 Å². The van der Waals surface area contributed by atoms with Gasteiger partial charge in [-0.25, -0.2) is 4.79 Å². The summed E-state index contributed by atoms with van der Waals surface area (Å²) in [5.74, 6) is 0.336. The Morgan fingerprint density at radius 2 is 1.94 bits per heavy atom. The van der Waals surface area contributed by atoms with Crippen molar-refractivity contribution in [3.63, 3.8) is 0 Å². The highest BCUT2D eigenvalue weighted by atomic mass is 16.5. The molecule has 0 aliphatic carbocycles. The Morgan fingerprint density at radius 1 is 1.22 bits per heavy atom. The Morgan fingerprint density at radius 3 is 2.56 bits per heavy atom. The Kier molecular flexibility index (Phi) is 6.33. The summed E-state index contributed by atoms with van der Waals surface area (Å²) < 4.78 is 9.98. The van der Waals surface area contributed by atoms with Gasteiger partial charge in [0.05, 0.1) is 18.9 Å². The van der Waals surface area contributed by atoms with Gasteiger partial charge in [-0.1, -0.05) is 25.5 Å². The van der Waals surface area contributed by atoms with Gasteiger partial charge in [-0.2, -0.15) is 0 Å². The van der Waals surface area contributed by atoms with Gasteiger partial charge in [-0.3, -0.25) is 0 Å². The molecular formula is C15H18O3. The van der Waals surface area contributed by atoms with Crippen LogP contribution in [0.3, 0.4) is 0 Å². The molecule has 0 amide bonds. The van der Waals surface area contributed by atoms with Gasteiger partial charge in [0.15, 0.2) is 0 Å². The molecule has 0 aliphatic heterocycles. The molecule has 0 heterocycles. The second kappa shape index (κ2) is 8.12. The molecule has 1 aromatic rings. The minimum absolute atomic E-state index is 0.377. The van der Waals surface area contributed by atoms with E-state index in [-0.39, 0.29) is 5.97 Å². The quantitative estimate of drug-likeness (QED) is 0.436. The first-order chi connectivity index (χ1) is 8.77. The third-order valence-corrected chi connectivity index (χ3v) is 2.28. The fourth-order valence-corrected chi connectivity index (χ4v) is 1.28. The molecule has 3 nitrogen and oxygen atoms in total. The molecule has 96 valence electrons. The number of carbonyl (C=O) groups excluding carboxylic acids is 1. The number of rotatable bonds is 6. The molecule has 0 fully saturated rings. The van der Waals surface area contributed by atoms with Crippen LogP contribution in [0.25, 0.3) is 0 Å². The minimum atomic E-state index is -0.377. The zero-order valence-corrected chi connectivity index (χ0v) is 10.8. The lowest BCUT2D eigenvalue weighted by molar-refractivity contribution is 0.0663. The number of hydrogen-bond donors (Lipinski definition) is 0. The van der Waals surface area contributed by atoms with Crippen LogP contribution >= 0.6 is 0 Å². The van der Waals surface area contributed by atoms with Gasteiger partial charge in [-0.15, -0.1) is 0 Å². The van der Waals surface area contributed by atoms with E-state index in [1.807, 2.05) is 12.2 Å².